The first-order valence-corrected chi connectivity index (χ1v) is 8.16. The first kappa shape index (κ1) is 21.6. The van der Waals surface area contributed by atoms with Crippen LogP contribution in [0.3, 0.4) is 0 Å². The minimum atomic E-state index is -3.78. The molecule has 0 aromatic heterocycles. The van der Waals surface area contributed by atoms with Crippen molar-refractivity contribution in [3.05, 3.63) is 29.6 Å². The van der Waals surface area contributed by atoms with Crippen molar-refractivity contribution in [2.75, 3.05) is 39.3 Å². The SMILES string of the molecule is Cc1ccc(S(=O)(=O)NCCN2CCNCC2)c(F)c1.Cl.Cl. The molecule has 1 saturated heterocycles. The summed E-state index contributed by atoms with van der Waals surface area (Å²) in [5.41, 5.74) is 0.697. The molecule has 2 N–H and O–H groups in total. The van der Waals surface area contributed by atoms with E-state index in [1.54, 1.807) is 13.0 Å². The van der Waals surface area contributed by atoms with Crippen LogP contribution in [0, 0.1) is 12.7 Å². The Bertz CT molecular complexity index is 566. The van der Waals surface area contributed by atoms with Gasteiger partial charge in [0.2, 0.25) is 10.0 Å². The van der Waals surface area contributed by atoms with E-state index in [1.807, 2.05) is 0 Å². The molecule has 0 radical (unpaired) electrons. The fourth-order valence-corrected chi connectivity index (χ4v) is 3.25. The topological polar surface area (TPSA) is 61.4 Å². The molecule has 0 unspecified atom stereocenters. The molecule has 2 rings (SSSR count). The van der Waals surface area contributed by atoms with E-state index >= 15 is 0 Å². The van der Waals surface area contributed by atoms with Gasteiger partial charge in [0.15, 0.2) is 0 Å². The summed E-state index contributed by atoms with van der Waals surface area (Å²) in [7, 11) is -3.78. The molecule has 128 valence electrons. The van der Waals surface area contributed by atoms with Crippen LogP contribution < -0.4 is 10.0 Å². The molecule has 0 aliphatic carbocycles. The average Bonchev–Trinajstić information content (AvgIpc) is 2.39. The van der Waals surface area contributed by atoms with Crippen molar-refractivity contribution in [1.82, 2.24) is 14.9 Å². The second-order valence-electron chi connectivity index (χ2n) is 4.92. The summed E-state index contributed by atoms with van der Waals surface area (Å²) in [6.07, 6.45) is 0. The lowest BCUT2D eigenvalue weighted by molar-refractivity contribution is 0.245. The van der Waals surface area contributed by atoms with Crippen LogP contribution in [0.25, 0.3) is 0 Å². The van der Waals surface area contributed by atoms with Gasteiger partial charge in [-0.25, -0.2) is 17.5 Å². The Labute approximate surface area is 143 Å². The summed E-state index contributed by atoms with van der Waals surface area (Å²) in [6, 6.07) is 4.12. The lowest BCUT2D eigenvalue weighted by Gasteiger charge is -2.27. The zero-order valence-electron chi connectivity index (χ0n) is 12.3. The number of aryl methyl sites for hydroxylation is 1. The van der Waals surface area contributed by atoms with E-state index in [4.69, 9.17) is 0 Å². The Balaban J connectivity index is 0.00000220. The van der Waals surface area contributed by atoms with Gasteiger partial charge in [0, 0.05) is 39.3 Å². The van der Waals surface area contributed by atoms with E-state index < -0.39 is 15.8 Å². The standard InChI is InChI=1S/C13H20FN3O2S.2ClH/c1-11-2-3-13(12(14)10-11)20(18,19)16-6-9-17-7-4-15-5-8-17;;/h2-3,10,15-16H,4-9H2,1H3;2*1H. The predicted octanol–water partition coefficient (Wildman–Crippen LogP) is 1.16. The number of halogens is 3. The molecule has 5 nitrogen and oxygen atoms in total. The minimum Gasteiger partial charge on any atom is -0.314 e. The highest BCUT2D eigenvalue weighted by atomic mass is 35.5. The molecule has 9 heteroatoms. The third-order valence-corrected chi connectivity index (χ3v) is 4.80. The highest BCUT2D eigenvalue weighted by molar-refractivity contribution is 7.89. The van der Waals surface area contributed by atoms with Crippen LogP contribution in [-0.4, -0.2) is 52.6 Å². The maximum atomic E-state index is 13.7. The predicted molar refractivity (Wildman–Crippen MR) is 90.1 cm³/mol. The van der Waals surface area contributed by atoms with Gasteiger partial charge in [0.1, 0.15) is 10.7 Å². The molecule has 22 heavy (non-hydrogen) atoms. The van der Waals surface area contributed by atoms with Crippen molar-refractivity contribution >= 4 is 34.8 Å². The lowest BCUT2D eigenvalue weighted by Crippen LogP contribution is -2.46. The smallest absolute Gasteiger partial charge is 0.243 e. The van der Waals surface area contributed by atoms with Gasteiger partial charge in [-0.1, -0.05) is 6.07 Å². The van der Waals surface area contributed by atoms with E-state index in [9.17, 15) is 12.8 Å². The molecular weight excluding hydrogens is 352 g/mol. The van der Waals surface area contributed by atoms with Crippen LogP contribution in [0.2, 0.25) is 0 Å². The fraction of sp³-hybridized carbons (Fsp3) is 0.538. The third-order valence-electron chi connectivity index (χ3n) is 3.31. The number of hydrogen-bond donors (Lipinski definition) is 2. The average molecular weight is 374 g/mol. The van der Waals surface area contributed by atoms with Crippen molar-refractivity contribution in [2.24, 2.45) is 0 Å². The monoisotopic (exact) mass is 373 g/mol. The summed E-state index contributed by atoms with van der Waals surface area (Å²) in [5.74, 6) is -0.709. The lowest BCUT2D eigenvalue weighted by atomic mass is 10.2. The molecule has 0 atom stereocenters. The van der Waals surface area contributed by atoms with E-state index in [2.05, 4.69) is 14.9 Å². The Morgan fingerprint density at radius 3 is 2.50 bits per heavy atom. The summed E-state index contributed by atoms with van der Waals surface area (Å²) in [5, 5.41) is 3.23. The van der Waals surface area contributed by atoms with Crippen LogP contribution in [-0.2, 0) is 10.0 Å². The molecule has 0 bridgehead atoms. The van der Waals surface area contributed by atoms with Crippen LogP contribution in [0.5, 0.6) is 0 Å². The second kappa shape index (κ2) is 9.64. The Hall–Kier alpha value is -0.440. The van der Waals surface area contributed by atoms with Gasteiger partial charge in [0.25, 0.3) is 0 Å². The molecule has 0 spiro atoms. The number of benzene rings is 1. The Kier molecular flexibility index (Phi) is 9.45. The van der Waals surface area contributed by atoms with E-state index in [0.29, 0.717) is 12.1 Å². The molecule has 1 aromatic rings. The number of piperazine rings is 1. The summed E-state index contributed by atoms with van der Waals surface area (Å²) >= 11 is 0. The van der Waals surface area contributed by atoms with E-state index in [-0.39, 0.29) is 36.3 Å². The van der Waals surface area contributed by atoms with Gasteiger partial charge in [-0.3, -0.25) is 4.90 Å². The first-order chi connectivity index (χ1) is 9.49. The molecule has 0 amide bonds. The van der Waals surface area contributed by atoms with E-state index in [1.165, 1.54) is 12.1 Å². The second-order valence-corrected chi connectivity index (χ2v) is 6.66. The minimum absolute atomic E-state index is 0. The molecular formula is C13H22Cl2FN3O2S. The van der Waals surface area contributed by atoms with Crippen LogP contribution in [0.4, 0.5) is 4.39 Å². The van der Waals surface area contributed by atoms with Gasteiger partial charge >= 0.3 is 0 Å². The zero-order chi connectivity index (χ0) is 14.6. The van der Waals surface area contributed by atoms with Crippen molar-refractivity contribution in [2.45, 2.75) is 11.8 Å². The number of sulfonamides is 1. The number of rotatable bonds is 5. The highest BCUT2D eigenvalue weighted by Crippen LogP contribution is 2.15. The first-order valence-electron chi connectivity index (χ1n) is 6.68. The molecule has 1 aliphatic heterocycles. The maximum absolute atomic E-state index is 13.7. The number of hydrogen-bond acceptors (Lipinski definition) is 4. The molecule has 0 saturated carbocycles. The van der Waals surface area contributed by atoms with Crippen LogP contribution >= 0.6 is 24.8 Å². The molecule has 1 fully saturated rings. The highest BCUT2D eigenvalue weighted by Gasteiger charge is 2.19. The van der Waals surface area contributed by atoms with E-state index in [0.717, 1.165) is 26.2 Å². The van der Waals surface area contributed by atoms with Crippen LogP contribution in [0.1, 0.15) is 5.56 Å². The van der Waals surface area contributed by atoms with Crippen molar-refractivity contribution < 1.29 is 12.8 Å². The van der Waals surface area contributed by atoms with Gasteiger partial charge < -0.3 is 5.32 Å². The van der Waals surface area contributed by atoms with Gasteiger partial charge in [-0.2, -0.15) is 0 Å². The summed E-state index contributed by atoms with van der Waals surface area (Å²) < 4.78 is 40.2. The molecule has 1 aromatic carbocycles. The zero-order valence-corrected chi connectivity index (χ0v) is 14.8. The Morgan fingerprint density at radius 2 is 1.91 bits per heavy atom. The van der Waals surface area contributed by atoms with Crippen LogP contribution in [0.15, 0.2) is 23.1 Å². The van der Waals surface area contributed by atoms with Crippen molar-refractivity contribution in [3.63, 3.8) is 0 Å². The number of nitrogens with one attached hydrogen (secondary N) is 2. The van der Waals surface area contributed by atoms with Crippen molar-refractivity contribution in [3.8, 4) is 0 Å². The van der Waals surface area contributed by atoms with Gasteiger partial charge in [-0.05, 0) is 24.6 Å². The fourth-order valence-electron chi connectivity index (χ4n) is 2.17. The maximum Gasteiger partial charge on any atom is 0.243 e. The van der Waals surface area contributed by atoms with Gasteiger partial charge in [0.05, 0.1) is 0 Å². The largest absolute Gasteiger partial charge is 0.314 e. The summed E-state index contributed by atoms with van der Waals surface area (Å²) in [6.45, 7) is 6.28. The normalized spacial score (nSPS) is 15.7. The van der Waals surface area contributed by atoms with Gasteiger partial charge in [-0.15, -0.1) is 24.8 Å². The molecule has 1 aliphatic rings. The number of nitrogens with zero attached hydrogens (tertiary/aromatic N) is 1. The quantitative estimate of drug-likeness (QED) is 0.812. The van der Waals surface area contributed by atoms with Crippen molar-refractivity contribution in [1.29, 1.82) is 0 Å². The summed E-state index contributed by atoms with van der Waals surface area (Å²) in [4.78, 5) is 1.88. The third kappa shape index (κ3) is 5.98. The molecule has 1 heterocycles. The Morgan fingerprint density at radius 1 is 1.27 bits per heavy atom.